The number of likely N-dealkylation sites (N-methyl/N-ethyl adjacent to an activating group) is 1. The first-order chi connectivity index (χ1) is 10.7. The van der Waals surface area contributed by atoms with E-state index in [4.69, 9.17) is 0 Å². The molecule has 5 heteroatoms. The van der Waals surface area contributed by atoms with Crippen molar-refractivity contribution in [2.45, 2.75) is 6.42 Å². The fraction of sp³-hybridized carbons (Fsp3) is 0.412. The van der Waals surface area contributed by atoms with Gasteiger partial charge in [0.25, 0.3) is 10.9 Å². The average molecular weight is 299 g/mol. The highest BCUT2D eigenvalue weighted by Crippen LogP contribution is 2.21. The van der Waals surface area contributed by atoms with E-state index in [1.165, 1.54) is 5.56 Å². The number of hydrogen-bond donors (Lipinski definition) is 1. The van der Waals surface area contributed by atoms with Gasteiger partial charge in [-0.05, 0) is 19.0 Å². The van der Waals surface area contributed by atoms with Gasteiger partial charge >= 0.3 is 0 Å². The number of hydrogen-bond acceptors (Lipinski definition) is 5. The van der Waals surface area contributed by atoms with E-state index in [0.717, 1.165) is 32.6 Å². The number of piperazine rings is 1. The van der Waals surface area contributed by atoms with Crippen LogP contribution in [-0.2, 0) is 6.42 Å². The molecular formula is C17H21N3O2. The molecule has 5 nitrogen and oxygen atoms in total. The molecule has 0 amide bonds. The predicted octanol–water partition coefficient (Wildman–Crippen LogP) is 0.689. The van der Waals surface area contributed by atoms with Gasteiger partial charge in [0.2, 0.25) is 0 Å². The molecule has 1 heterocycles. The Hall–Kier alpha value is -2.14. The number of anilines is 2. The normalized spacial score (nSPS) is 16.1. The summed E-state index contributed by atoms with van der Waals surface area (Å²) in [6.07, 6.45) is 0.835. The molecule has 1 N–H and O–H groups in total. The van der Waals surface area contributed by atoms with Gasteiger partial charge in [-0.3, -0.25) is 9.59 Å². The van der Waals surface area contributed by atoms with Crippen molar-refractivity contribution in [2.24, 2.45) is 0 Å². The van der Waals surface area contributed by atoms with Crippen LogP contribution in [0.1, 0.15) is 5.56 Å². The Morgan fingerprint density at radius 2 is 1.68 bits per heavy atom. The summed E-state index contributed by atoms with van der Waals surface area (Å²) in [6, 6.07) is 10.1. The summed E-state index contributed by atoms with van der Waals surface area (Å²) in [5.74, 6) is 0. The van der Waals surface area contributed by atoms with Gasteiger partial charge < -0.3 is 15.1 Å². The van der Waals surface area contributed by atoms with E-state index in [1.807, 2.05) is 23.1 Å². The fourth-order valence-electron chi connectivity index (χ4n) is 2.85. The first-order valence-corrected chi connectivity index (χ1v) is 7.71. The Bertz CT molecular complexity index is 696. The number of benzene rings is 1. The number of nitrogens with one attached hydrogen (secondary N) is 1. The van der Waals surface area contributed by atoms with Crippen molar-refractivity contribution in [1.29, 1.82) is 0 Å². The van der Waals surface area contributed by atoms with Crippen LogP contribution in [0.25, 0.3) is 0 Å². The van der Waals surface area contributed by atoms with E-state index >= 15 is 0 Å². The summed E-state index contributed by atoms with van der Waals surface area (Å²) in [6.45, 7) is 4.10. The number of rotatable bonds is 5. The molecule has 2 aromatic rings. The minimum atomic E-state index is -0.373. The van der Waals surface area contributed by atoms with E-state index in [0.29, 0.717) is 17.9 Å². The molecule has 1 saturated heterocycles. The summed E-state index contributed by atoms with van der Waals surface area (Å²) < 4.78 is 0. The molecule has 1 aliphatic rings. The topological polar surface area (TPSA) is 52.6 Å². The zero-order valence-electron chi connectivity index (χ0n) is 12.8. The molecule has 1 aliphatic heterocycles. The van der Waals surface area contributed by atoms with Crippen LogP contribution in [0.5, 0.6) is 0 Å². The lowest BCUT2D eigenvalue weighted by Crippen LogP contribution is -2.50. The van der Waals surface area contributed by atoms with Gasteiger partial charge in [0.1, 0.15) is 11.4 Å². The van der Waals surface area contributed by atoms with Gasteiger partial charge in [-0.1, -0.05) is 30.3 Å². The van der Waals surface area contributed by atoms with Crippen LogP contribution in [0.4, 0.5) is 11.4 Å². The van der Waals surface area contributed by atoms with Crippen molar-refractivity contribution in [1.82, 2.24) is 4.90 Å². The highest BCUT2D eigenvalue weighted by atomic mass is 16.2. The lowest BCUT2D eigenvalue weighted by Gasteiger charge is -2.35. The van der Waals surface area contributed by atoms with Crippen molar-refractivity contribution in [3.8, 4) is 0 Å². The van der Waals surface area contributed by atoms with Crippen molar-refractivity contribution in [3.05, 3.63) is 56.3 Å². The summed E-state index contributed by atoms with van der Waals surface area (Å²) >= 11 is 0. The van der Waals surface area contributed by atoms with Crippen LogP contribution in [0.2, 0.25) is 0 Å². The minimum Gasteiger partial charge on any atom is -0.380 e. The Labute approximate surface area is 129 Å². The molecule has 2 aromatic carbocycles. The highest BCUT2D eigenvalue weighted by Gasteiger charge is 2.27. The lowest BCUT2D eigenvalue weighted by molar-refractivity contribution is 0.312. The maximum absolute atomic E-state index is 11.9. The second-order valence-electron chi connectivity index (χ2n) is 5.83. The predicted molar refractivity (Wildman–Crippen MR) is 89.7 cm³/mol. The molecule has 1 fully saturated rings. The smallest absolute Gasteiger partial charge is 0.253 e. The van der Waals surface area contributed by atoms with Gasteiger partial charge in [0.15, 0.2) is 0 Å². The third-order valence-electron chi connectivity index (χ3n) is 4.26. The zero-order valence-corrected chi connectivity index (χ0v) is 12.8. The van der Waals surface area contributed by atoms with Crippen molar-refractivity contribution < 1.29 is 0 Å². The Morgan fingerprint density at radius 1 is 1.00 bits per heavy atom. The molecule has 0 unspecified atom stereocenters. The summed E-state index contributed by atoms with van der Waals surface area (Å²) in [7, 11) is 2.07. The number of nitrogens with zero attached hydrogens (tertiary/aromatic N) is 2. The molecule has 0 aromatic heterocycles. The third-order valence-corrected chi connectivity index (χ3v) is 4.26. The van der Waals surface area contributed by atoms with E-state index < -0.39 is 0 Å². The van der Waals surface area contributed by atoms with Crippen molar-refractivity contribution in [2.75, 3.05) is 50.0 Å². The van der Waals surface area contributed by atoms with Crippen LogP contribution in [0, 0.1) is 0 Å². The van der Waals surface area contributed by atoms with Crippen LogP contribution >= 0.6 is 0 Å². The SMILES string of the molecule is CN1CCN(c2c(NCCc3ccccc3)c(=O)c2=O)CC1. The molecule has 22 heavy (non-hydrogen) atoms. The first kappa shape index (κ1) is 14.8. The van der Waals surface area contributed by atoms with Crippen LogP contribution < -0.4 is 21.1 Å². The average Bonchev–Trinajstić information content (AvgIpc) is 2.56. The van der Waals surface area contributed by atoms with E-state index in [-0.39, 0.29) is 10.9 Å². The Kier molecular flexibility index (Phi) is 4.24. The monoisotopic (exact) mass is 299 g/mol. The van der Waals surface area contributed by atoms with E-state index in [9.17, 15) is 9.59 Å². The van der Waals surface area contributed by atoms with Gasteiger partial charge in [-0.15, -0.1) is 0 Å². The van der Waals surface area contributed by atoms with Crippen LogP contribution in [0.15, 0.2) is 39.9 Å². The molecule has 0 bridgehead atoms. The molecular weight excluding hydrogens is 278 g/mol. The maximum atomic E-state index is 11.9. The summed E-state index contributed by atoms with van der Waals surface area (Å²) in [5.41, 5.74) is 1.60. The molecule has 0 spiro atoms. The van der Waals surface area contributed by atoms with Gasteiger partial charge in [0.05, 0.1) is 0 Å². The van der Waals surface area contributed by atoms with Crippen molar-refractivity contribution in [3.63, 3.8) is 0 Å². The highest BCUT2D eigenvalue weighted by molar-refractivity contribution is 5.75. The first-order valence-electron chi connectivity index (χ1n) is 7.71. The standard InChI is InChI=1S/C17H21N3O2/c1-19-9-11-20(12-10-19)15-14(16(21)17(15)22)18-8-7-13-5-3-2-4-6-13/h2-6,18H,7-12H2,1H3. The van der Waals surface area contributed by atoms with Crippen molar-refractivity contribution >= 4 is 11.4 Å². The van der Waals surface area contributed by atoms with E-state index in [1.54, 1.807) is 0 Å². The zero-order chi connectivity index (χ0) is 15.5. The molecule has 0 saturated carbocycles. The summed E-state index contributed by atoms with van der Waals surface area (Å²) in [5, 5.41) is 3.16. The quantitative estimate of drug-likeness (QED) is 0.823. The van der Waals surface area contributed by atoms with Gasteiger partial charge in [-0.2, -0.15) is 0 Å². The minimum absolute atomic E-state index is 0.341. The van der Waals surface area contributed by atoms with Crippen LogP contribution in [0.3, 0.4) is 0 Å². The summed E-state index contributed by atoms with van der Waals surface area (Å²) in [4.78, 5) is 28.0. The second kappa shape index (κ2) is 6.32. The Morgan fingerprint density at radius 3 is 2.36 bits per heavy atom. The largest absolute Gasteiger partial charge is 0.380 e. The van der Waals surface area contributed by atoms with Gasteiger partial charge in [0, 0.05) is 32.7 Å². The van der Waals surface area contributed by atoms with Crippen LogP contribution in [-0.4, -0.2) is 44.7 Å². The Balaban J connectivity index is 1.63. The maximum Gasteiger partial charge on any atom is 0.253 e. The lowest BCUT2D eigenvalue weighted by atomic mass is 10.1. The molecule has 3 rings (SSSR count). The van der Waals surface area contributed by atoms with Gasteiger partial charge in [-0.25, -0.2) is 0 Å². The molecule has 0 radical (unpaired) electrons. The second-order valence-corrected chi connectivity index (χ2v) is 5.83. The fourth-order valence-corrected chi connectivity index (χ4v) is 2.85. The molecule has 0 atom stereocenters. The molecule has 0 aliphatic carbocycles. The van der Waals surface area contributed by atoms with E-state index in [2.05, 4.69) is 29.4 Å². The molecule has 116 valence electrons. The third kappa shape index (κ3) is 2.90.